The fourth-order valence-electron chi connectivity index (χ4n) is 0.487. The highest BCUT2D eigenvalue weighted by Crippen LogP contribution is 1.78. The van der Waals surface area contributed by atoms with Crippen LogP contribution >= 0.6 is 0 Å². The van der Waals surface area contributed by atoms with Gasteiger partial charge in [-0.15, -0.1) is 0 Å². The van der Waals surface area contributed by atoms with E-state index >= 15 is 0 Å². The average Bonchev–Trinajstić information content (AvgIpc) is 1.68. The smallest absolute Gasteiger partial charge is 0.182 e. The minimum absolute atomic E-state index is 0.370. The van der Waals surface area contributed by atoms with Gasteiger partial charge in [0.2, 0.25) is 0 Å². The van der Waals surface area contributed by atoms with Gasteiger partial charge in [-0.2, -0.15) is 0 Å². The first kappa shape index (κ1) is 7.94. The van der Waals surface area contributed by atoms with Gasteiger partial charge in [0.25, 0.3) is 0 Å². The molecule has 1 atom stereocenters. The Bertz CT molecular complexity index is 47.3. The SMILES string of the molecule is BNCC(O)COC. The van der Waals surface area contributed by atoms with E-state index in [9.17, 15) is 0 Å². The molecular weight excluding hydrogens is 105 g/mol. The molecule has 0 aromatic heterocycles. The number of ether oxygens (including phenoxy) is 1. The lowest BCUT2D eigenvalue weighted by Crippen LogP contribution is -2.28. The number of hydrogen-bond acceptors (Lipinski definition) is 3. The van der Waals surface area contributed by atoms with Gasteiger partial charge in [-0.25, -0.2) is 0 Å². The number of hydrogen-bond donors (Lipinski definition) is 2. The van der Waals surface area contributed by atoms with Gasteiger partial charge in [0.1, 0.15) is 0 Å². The molecule has 0 spiro atoms. The predicted octanol–water partition coefficient (Wildman–Crippen LogP) is -1.87. The van der Waals surface area contributed by atoms with Gasteiger partial charge in [0.15, 0.2) is 7.98 Å². The summed E-state index contributed by atoms with van der Waals surface area (Å²) in [6.45, 7) is 0.995. The van der Waals surface area contributed by atoms with Crippen LogP contribution in [0.3, 0.4) is 0 Å². The van der Waals surface area contributed by atoms with E-state index < -0.39 is 0 Å². The standard InChI is InChI=1S/C4H12BNO2/c1-8-3-4(7)2-6-5/h4,6-7H,2-3,5H2,1H3. The van der Waals surface area contributed by atoms with Crippen LogP contribution in [0.1, 0.15) is 0 Å². The highest BCUT2D eigenvalue weighted by molar-refractivity contribution is 6.04. The van der Waals surface area contributed by atoms with E-state index in [1.807, 2.05) is 0 Å². The first-order valence-corrected chi connectivity index (χ1v) is 2.63. The number of nitrogens with one attached hydrogen (secondary N) is 1. The van der Waals surface area contributed by atoms with Crippen LogP contribution in [0.2, 0.25) is 0 Å². The van der Waals surface area contributed by atoms with E-state index in [0.29, 0.717) is 13.2 Å². The first-order valence-electron chi connectivity index (χ1n) is 2.63. The van der Waals surface area contributed by atoms with Crippen LogP contribution in [-0.4, -0.2) is 39.5 Å². The average molecular weight is 117 g/mol. The van der Waals surface area contributed by atoms with Gasteiger partial charge in [-0.3, -0.25) is 0 Å². The van der Waals surface area contributed by atoms with Crippen molar-refractivity contribution in [2.45, 2.75) is 6.10 Å². The second kappa shape index (κ2) is 5.09. The highest BCUT2D eigenvalue weighted by atomic mass is 16.5. The molecule has 0 saturated heterocycles. The molecule has 0 aliphatic heterocycles. The minimum Gasteiger partial charge on any atom is -0.389 e. The zero-order valence-electron chi connectivity index (χ0n) is 5.35. The first-order chi connectivity index (χ1) is 3.81. The summed E-state index contributed by atoms with van der Waals surface area (Å²) in [5.74, 6) is 0. The monoisotopic (exact) mass is 117 g/mol. The van der Waals surface area contributed by atoms with Crippen LogP contribution in [0.25, 0.3) is 0 Å². The maximum absolute atomic E-state index is 8.86. The highest BCUT2D eigenvalue weighted by Gasteiger charge is 1.97. The molecule has 3 nitrogen and oxygen atoms in total. The van der Waals surface area contributed by atoms with Crippen LogP contribution in [0.15, 0.2) is 0 Å². The van der Waals surface area contributed by atoms with Crippen LogP contribution < -0.4 is 5.23 Å². The van der Waals surface area contributed by atoms with Crippen molar-refractivity contribution in [1.82, 2.24) is 5.23 Å². The molecule has 48 valence electrons. The summed E-state index contributed by atoms with van der Waals surface area (Å²) >= 11 is 0. The summed E-state index contributed by atoms with van der Waals surface area (Å²) in [6.07, 6.45) is -0.370. The van der Waals surface area contributed by atoms with Crippen molar-refractivity contribution < 1.29 is 9.84 Å². The molecule has 0 heterocycles. The molecular formula is C4H12BNO2. The van der Waals surface area contributed by atoms with Gasteiger partial charge in [0.05, 0.1) is 12.7 Å². The molecule has 0 aromatic rings. The molecule has 0 amide bonds. The van der Waals surface area contributed by atoms with Crippen LogP contribution in [0.4, 0.5) is 0 Å². The Kier molecular flexibility index (Phi) is 5.05. The zero-order chi connectivity index (χ0) is 6.41. The van der Waals surface area contributed by atoms with Crippen LogP contribution in [-0.2, 0) is 4.74 Å². The molecule has 0 saturated carbocycles. The van der Waals surface area contributed by atoms with E-state index in [1.165, 1.54) is 0 Å². The van der Waals surface area contributed by atoms with E-state index in [4.69, 9.17) is 5.11 Å². The van der Waals surface area contributed by atoms with Crippen molar-refractivity contribution in [2.24, 2.45) is 0 Å². The Labute approximate surface area is 50.5 Å². The second-order valence-electron chi connectivity index (χ2n) is 1.67. The summed E-state index contributed by atoms with van der Waals surface area (Å²) in [5.41, 5.74) is 0. The third kappa shape index (κ3) is 4.11. The Morgan fingerprint density at radius 1 is 1.88 bits per heavy atom. The fourth-order valence-corrected chi connectivity index (χ4v) is 0.487. The maximum Gasteiger partial charge on any atom is 0.182 e. The summed E-state index contributed by atoms with van der Waals surface area (Å²) in [5, 5.41) is 11.7. The summed E-state index contributed by atoms with van der Waals surface area (Å²) in [4.78, 5) is 0. The molecule has 0 aliphatic rings. The Morgan fingerprint density at radius 3 is 2.88 bits per heavy atom. The normalized spacial score (nSPS) is 13.8. The van der Waals surface area contributed by atoms with Crippen LogP contribution in [0.5, 0.6) is 0 Å². The zero-order valence-corrected chi connectivity index (χ0v) is 5.35. The van der Waals surface area contributed by atoms with Crippen molar-refractivity contribution in [3.05, 3.63) is 0 Å². The number of aliphatic hydroxyl groups excluding tert-OH is 1. The molecule has 1 unspecified atom stereocenters. The quantitative estimate of drug-likeness (QED) is 0.424. The van der Waals surface area contributed by atoms with E-state index in [2.05, 4.69) is 9.96 Å². The molecule has 0 aliphatic carbocycles. The molecule has 0 aromatic carbocycles. The third-order valence-electron chi connectivity index (χ3n) is 0.799. The van der Waals surface area contributed by atoms with Crippen molar-refractivity contribution >= 4 is 7.98 Å². The van der Waals surface area contributed by atoms with E-state index in [-0.39, 0.29) is 6.10 Å². The molecule has 0 fully saturated rings. The summed E-state index contributed by atoms with van der Waals surface area (Å²) in [6, 6.07) is 0. The Morgan fingerprint density at radius 2 is 2.50 bits per heavy atom. The molecule has 8 heavy (non-hydrogen) atoms. The van der Waals surface area contributed by atoms with Crippen molar-refractivity contribution in [2.75, 3.05) is 20.3 Å². The van der Waals surface area contributed by atoms with E-state index in [0.717, 1.165) is 0 Å². The minimum atomic E-state index is -0.370. The van der Waals surface area contributed by atoms with Crippen molar-refractivity contribution in [1.29, 1.82) is 0 Å². The van der Waals surface area contributed by atoms with E-state index in [1.54, 1.807) is 15.1 Å². The molecule has 0 rings (SSSR count). The van der Waals surface area contributed by atoms with Gasteiger partial charge < -0.3 is 15.1 Å². The van der Waals surface area contributed by atoms with Gasteiger partial charge in [-0.05, 0) is 0 Å². The summed E-state index contributed by atoms with van der Waals surface area (Å²) in [7, 11) is 3.36. The Balaban J connectivity index is 2.92. The number of aliphatic hydroxyl groups is 1. The number of rotatable bonds is 4. The lowest BCUT2D eigenvalue weighted by Gasteiger charge is -2.06. The maximum atomic E-state index is 8.86. The molecule has 0 bridgehead atoms. The number of methoxy groups -OCH3 is 1. The topological polar surface area (TPSA) is 41.5 Å². The van der Waals surface area contributed by atoms with Crippen LogP contribution in [0, 0.1) is 0 Å². The van der Waals surface area contributed by atoms with Gasteiger partial charge in [-0.1, -0.05) is 0 Å². The van der Waals surface area contributed by atoms with Gasteiger partial charge in [0, 0.05) is 13.7 Å². The predicted molar refractivity (Wildman–Crippen MR) is 34.4 cm³/mol. The van der Waals surface area contributed by atoms with Crippen molar-refractivity contribution in [3.63, 3.8) is 0 Å². The fraction of sp³-hybridized carbons (Fsp3) is 1.00. The second-order valence-corrected chi connectivity index (χ2v) is 1.67. The molecule has 0 radical (unpaired) electrons. The molecule has 4 heteroatoms. The van der Waals surface area contributed by atoms with Gasteiger partial charge >= 0.3 is 0 Å². The van der Waals surface area contributed by atoms with Crippen molar-refractivity contribution in [3.8, 4) is 0 Å². The summed E-state index contributed by atoms with van der Waals surface area (Å²) < 4.78 is 4.67. The lowest BCUT2D eigenvalue weighted by atomic mass is 10.3. The molecule has 2 N–H and O–H groups in total. The lowest BCUT2D eigenvalue weighted by molar-refractivity contribution is 0.0680. The third-order valence-corrected chi connectivity index (χ3v) is 0.799. The Hall–Kier alpha value is -0.0551. The largest absolute Gasteiger partial charge is 0.389 e.